The van der Waals surface area contributed by atoms with Crippen LogP contribution in [0.25, 0.3) is 115 Å². The van der Waals surface area contributed by atoms with Crippen molar-refractivity contribution in [3.05, 3.63) is 182 Å². The Morgan fingerprint density at radius 2 is 1.05 bits per heavy atom. The summed E-state index contributed by atoms with van der Waals surface area (Å²) >= 11 is 1.78. The standard InChI is InChI=1S/C51H30N4OS/c1-3-14-31(15-4-1)49-52-50(54-51(53-49)41-25-13-24-40-35-19-8-10-27-45(35)57-48(40)41)32-28-29-44-42(30-32)39-23-12-22-38(47(39)56-44)37-21-11-20-36-34-18-7-9-26-43(34)55(46(36)37)33-16-5-2-6-17-33/h1-30H. The number of hydrogen-bond donors (Lipinski definition) is 0. The molecule has 12 aromatic rings. The molecule has 0 fully saturated rings. The summed E-state index contributed by atoms with van der Waals surface area (Å²) in [4.78, 5) is 15.4. The maximum Gasteiger partial charge on any atom is 0.165 e. The molecule has 0 saturated heterocycles. The van der Waals surface area contributed by atoms with E-state index in [1.807, 2.05) is 24.3 Å². The van der Waals surface area contributed by atoms with Crippen molar-refractivity contribution < 1.29 is 4.42 Å². The van der Waals surface area contributed by atoms with Gasteiger partial charge in [0.2, 0.25) is 0 Å². The molecule has 12 rings (SSSR count). The van der Waals surface area contributed by atoms with E-state index in [4.69, 9.17) is 19.4 Å². The van der Waals surface area contributed by atoms with E-state index in [-0.39, 0.29) is 0 Å². The molecule has 4 aromatic heterocycles. The van der Waals surface area contributed by atoms with Gasteiger partial charge in [0.25, 0.3) is 0 Å². The summed E-state index contributed by atoms with van der Waals surface area (Å²) in [5.74, 6) is 1.90. The normalized spacial score (nSPS) is 11.9. The topological polar surface area (TPSA) is 56.7 Å². The number of nitrogens with zero attached hydrogens (tertiary/aromatic N) is 4. The van der Waals surface area contributed by atoms with Crippen LogP contribution in [0, 0.1) is 0 Å². The molecule has 5 nitrogen and oxygen atoms in total. The van der Waals surface area contributed by atoms with Gasteiger partial charge in [-0.25, -0.2) is 15.0 Å². The summed E-state index contributed by atoms with van der Waals surface area (Å²) in [6.07, 6.45) is 0. The highest BCUT2D eigenvalue weighted by Crippen LogP contribution is 2.43. The van der Waals surface area contributed by atoms with E-state index in [2.05, 4.69) is 162 Å². The molecule has 0 saturated carbocycles. The van der Waals surface area contributed by atoms with Gasteiger partial charge < -0.3 is 8.98 Å². The monoisotopic (exact) mass is 746 g/mol. The summed E-state index contributed by atoms with van der Waals surface area (Å²) in [7, 11) is 0. The number of furan rings is 1. The molecule has 0 aliphatic heterocycles. The van der Waals surface area contributed by atoms with Gasteiger partial charge in [-0.05, 0) is 48.5 Å². The lowest BCUT2D eigenvalue weighted by Crippen LogP contribution is -2.00. The zero-order valence-electron chi connectivity index (χ0n) is 30.4. The second-order valence-corrected chi connectivity index (χ2v) is 15.4. The van der Waals surface area contributed by atoms with Crippen molar-refractivity contribution in [2.24, 2.45) is 0 Å². The average Bonchev–Trinajstić information content (AvgIpc) is 3.96. The molecule has 0 atom stereocenters. The Kier molecular flexibility index (Phi) is 7.03. The van der Waals surface area contributed by atoms with Crippen molar-refractivity contribution in [1.29, 1.82) is 0 Å². The van der Waals surface area contributed by atoms with E-state index in [9.17, 15) is 0 Å². The molecule has 0 aliphatic carbocycles. The van der Waals surface area contributed by atoms with Crippen LogP contribution >= 0.6 is 11.3 Å². The van der Waals surface area contributed by atoms with E-state index >= 15 is 0 Å². The molecule has 0 spiro atoms. The minimum atomic E-state index is 0.613. The van der Waals surface area contributed by atoms with Crippen LogP contribution in [0.2, 0.25) is 0 Å². The molecule has 0 amide bonds. The van der Waals surface area contributed by atoms with Gasteiger partial charge in [0.1, 0.15) is 11.2 Å². The molecule has 0 radical (unpaired) electrons. The number of aromatic nitrogens is 4. The number of rotatable bonds is 5. The Balaban J connectivity index is 1.06. The molecule has 0 bridgehead atoms. The van der Waals surface area contributed by atoms with Crippen LogP contribution in [0.3, 0.4) is 0 Å². The van der Waals surface area contributed by atoms with Crippen molar-refractivity contribution in [2.75, 3.05) is 0 Å². The predicted molar refractivity (Wildman–Crippen MR) is 236 cm³/mol. The van der Waals surface area contributed by atoms with Gasteiger partial charge in [0.15, 0.2) is 17.5 Å². The van der Waals surface area contributed by atoms with Crippen LogP contribution in [-0.2, 0) is 0 Å². The van der Waals surface area contributed by atoms with Crippen molar-refractivity contribution in [3.8, 4) is 51.0 Å². The van der Waals surface area contributed by atoms with E-state index in [1.54, 1.807) is 11.3 Å². The highest BCUT2D eigenvalue weighted by Gasteiger charge is 2.21. The predicted octanol–water partition coefficient (Wildman–Crippen LogP) is 13.9. The van der Waals surface area contributed by atoms with Crippen molar-refractivity contribution in [2.45, 2.75) is 0 Å². The van der Waals surface area contributed by atoms with Crippen LogP contribution in [0.1, 0.15) is 0 Å². The molecule has 266 valence electrons. The quantitative estimate of drug-likeness (QED) is 0.176. The Morgan fingerprint density at radius 3 is 1.89 bits per heavy atom. The van der Waals surface area contributed by atoms with Crippen molar-refractivity contribution in [1.82, 2.24) is 19.5 Å². The lowest BCUT2D eigenvalue weighted by atomic mass is 9.99. The van der Waals surface area contributed by atoms with Crippen LogP contribution in [0.5, 0.6) is 0 Å². The van der Waals surface area contributed by atoms with Crippen LogP contribution in [0.15, 0.2) is 186 Å². The summed E-state index contributed by atoms with van der Waals surface area (Å²) < 4.78 is 11.6. The summed E-state index contributed by atoms with van der Waals surface area (Å²) in [6, 6.07) is 63.7. The lowest BCUT2D eigenvalue weighted by molar-refractivity contribution is 0.670. The SMILES string of the molecule is c1ccc(-c2nc(-c3ccc4oc5c(-c6cccc7c8ccccc8n(-c8ccccc8)c67)cccc5c4c3)nc(-c3cccc4c3sc3ccccc34)n2)cc1. The number of benzene rings is 8. The van der Waals surface area contributed by atoms with Crippen molar-refractivity contribution >= 4 is 75.3 Å². The van der Waals surface area contributed by atoms with Crippen molar-refractivity contribution in [3.63, 3.8) is 0 Å². The smallest absolute Gasteiger partial charge is 0.165 e. The second kappa shape index (κ2) is 12.6. The second-order valence-electron chi connectivity index (χ2n) is 14.3. The highest BCUT2D eigenvalue weighted by atomic mass is 32.1. The van der Waals surface area contributed by atoms with Gasteiger partial charge in [-0.15, -0.1) is 11.3 Å². The molecule has 4 heterocycles. The first-order chi connectivity index (χ1) is 28.3. The first-order valence-corrected chi connectivity index (χ1v) is 19.8. The fourth-order valence-corrected chi connectivity index (χ4v) is 9.71. The van der Waals surface area contributed by atoms with Crippen LogP contribution in [0.4, 0.5) is 0 Å². The molecule has 57 heavy (non-hydrogen) atoms. The maximum atomic E-state index is 6.80. The van der Waals surface area contributed by atoms with E-state index in [0.717, 1.165) is 61.0 Å². The van der Waals surface area contributed by atoms with Gasteiger partial charge in [-0.3, -0.25) is 0 Å². The van der Waals surface area contributed by atoms with Gasteiger partial charge in [-0.1, -0.05) is 133 Å². The molecule has 0 aliphatic rings. The third-order valence-electron chi connectivity index (χ3n) is 11.1. The third-order valence-corrected chi connectivity index (χ3v) is 12.3. The third kappa shape index (κ3) is 4.98. The fourth-order valence-electron chi connectivity index (χ4n) is 8.50. The largest absolute Gasteiger partial charge is 0.455 e. The van der Waals surface area contributed by atoms with Gasteiger partial charge in [0, 0.05) is 75.2 Å². The first-order valence-electron chi connectivity index (χ1n) is 19.0. The molecular formula is C51H30N4OS. The molecule has 8 aromatic carbocycles. The first kappa shape index (κ1) is 31.9. The lowest BCUT2D eigenvalue weighted by Gasteiger charge is -2.12. The zero-order valence-corrected chi connectivity index (χ0v) is 31.2. The Morgan fingerprint density at radius 1 is 0.421 bits per heavy atom. The molecule has 0 N–H and O–H groups in total. The Labute approximate surface area is 330 Å². The number of fused-ring (bicyclic) bond motifs is 9. The summed E-state index contributed by atoms with van der Waals surface area (Å²) in [6.45, 7) is 0. The van der Waals surface area contributed by atoms with E-state index in [0.29, 0.717) is 17.5 Å². The molecular weight excluding hydrogens is 717 g/mol. The van der Waals surface area contributed by atoms with Crippen LogP contribution < -0.4 is 0 Å². The maximum absolute atomic E-state index is 6.80. The summed E-state index contributed by atoms with van der Waals surface area (Å²) in [5.41, 5.74) is 10.1. The van der Waals surface area contributed by atoms with Crippen LogP contribution in [-0.4, -0.2) is 19.5 Å². The number of thiophene rings is 1. The minimum Gasteiger partial charge on any atom is -0.455 e. The minimum absolute atomic E-state index is 0.613. The molecule has 0 unspecified atom stereocenters. The number of para-hydroxylation sites is 4. The van der Waals surface area contributed by atoms with E-state index < -0.39 is 0 Å². The highest BCUT2D eigenvalue weighted by molar-refractivity contribution is 7.26. The molecule has 6 heteroatoms. The van der Waals surface area contributed by atoms with Gasteiger partial charge >= 0.3 is 0 Å². The zero-order chi connectivity index (χ0) is 37.5. The van der Waals surface area contributed by atoms with Gasteiger partial charge in [-0.2, -0.15) is 0 Å². The fraction of sp³-hybridized carbons (Fsp3) is 0. The Hall–Kier alpha value is -7.41. The Bertz CT molecular complexity index is 3530. The average molecular weight is 747 g/mol. The van der Waals surface area contributed by atoms with Gasteiger partial charge in [0.05, 0.1) is 11.0 Å². The number of hydrogen-bond acceptors (Lipinski definition) is 5. The summed E-state index contributed by atoms with van der Waals surface area (Å²) in [5, 5.41) is 6.92. The van der Waals surface area contributed by atoms with E-state index in [1.165, 1.54) is 36.5 Å².